The highest BCUT2D eigenvalue weighted by Gasteiger charge is 2.09. The van der Waals surface area contributed by atoms with Gasteiger partial charge in [-0.15, -0.1) is 11.8 Å². The molecule has 0 fully saturated rings. The standard InChI is InChI=1S/C22H17ClN2O4S/c23-16-5-1-3-14(11-16)21(27)25-17-7-9-19(10-8-17)30-13-20(26)24-18-6-2-4-15(12-18)22(28)29/h1-12H,13H2,(H,24,26)(H,25,27)(H,28,29). The van der Waals surface area contributed by atoms with Crippen molar-refractivity contribution >= 4 is 52.5 Å². The second kappa shape index (κ2) is 9.96. The lowest BCUT2D eigenvalue weighted by Crippen LogP contribution is -2.14. The van der Waals surface area contributed by atoms with Crippen molar-refractivity contribution in [1.29, 1.82) is 0 Å². The minimum absolute atomic E-state index is 0.107. The van der Waals surface area contributed by atoms with E-state index >= 15 is 0 Å². The van der Waals surface area contributed by atoms with Gasteiger partial charge < -0.3 is 15.7 Å². The summed E-state index contributed by atoms with van der Waals surface area (Å²) in [5.41, 5.74) is 1.62. The predicted molar refractivity (Wildman–Crippen MR) is 119 cm³/mol. The molecule has 2 amide bonds. The summed E-state index contributed by atoms with van der Waals surface area (Å²) in [5, 5.41) is 15.0. The molecule has 0 saturated carbocycles. The van der Waals surface area contributed by atoms with E-state index in [9.17, 15) is 14.4 Å². The average Bonchev–Trinajstić information content (AvgIpc) is 2.73. The first-order chi connectivity index (χ1) is 14.4. The van der Waals surface area contributed by atoms with E-state index in [2.05, 4.69) is 10.6 Å². The first-order valence-electron chi connectivity index (χ1n) is 8.84. The van der Waals surface area contributed by atoms with Gasteiger partial charge in [0.2, 0.25) is 5.91 Å². The topological polar surface area (TPSA) is 95.5 Å². The van der Waals surface area contributed by atoms with Crippen LogP contribution in [0.5, 0.6) is 0 Å². The number of hydrogen-bond donors (Lipinski definition) is 3. The molecule has 0 aliphatic carbocycles. The molecule has 3 aromatic rings. The number of halogens is 1. The summed E-state index contributed by atoms with van der Waals surface area (Å²) in [6.07, 6.45) is 0. The molecule has 0 aromatic heterocycles. The van der Waals surface area contributed by atoms with E-state index in [1.807, 2.05) is 0 Å². The van der Waals surface area contributed by atoms with Gasteiger partial charge in [-0.25, -0.2) is 4.79 Å². The van der Waals surface area contributed by atoms with Crippen LogP contribution in [0.3, 0.4) is 0 Å². The summed E-state index contributed by atoms with van der Waals surface area (Å²) in [5.74, 6) is -1.41. The van der Waals surface area contributed by atoms with Crippen LogP contribution >= 0.6 is 23.4 Å². The van der Waals surface area contributed by atoms with E-state index in [-0.39, 0.29) is 23.1 Å². The Labute approximate surface area is 182 Å². The minimum Gasteiger partial charge on any atom is -0.478 e. The van der Waals surface area contributed by atoms with Gasteiger partial charge in [-0.1, -0.05) is 23.7 Å². The number of aromatic carboxylic acids is 1. The number of carboxylic acid groups (broad SMARTS) is 1. The van der Waals surface area contributed by atoms with E-state index in [1.54, 1.807) is 60.7 Å². The molecule has 0 spiro atoms. The van der Waals surface area contributed by atoms with E-state index in [0.29, 0.717) is 22.0 Å². The van der Waals surface area contributed by atoms with Crippen LogP contribution < -0.4 is 10.6 Å². The summed E-state index contributed by atoms with van der Waals surface area (Å²) in [6, 6.07) is 19.8. The molecule has 0 atom stereocenters. The van der Waals surface area contributed by atoms with Crippen molar-refractivity contribution in [1.82, 2.24) is 0 Å². The van der Waals surface area contributed by atoms with Crippen LogP contribution in [-0.2, 0) is 4.79 Å². The smallest absolute Gasteiger partial charge is 0.335 e. The fourth-order valence-electron chi connectivity index (χ4n) is 2.54. The van der Waals surface area contributed by atoms with Crippen molar-refractivity contribution in [2.75, 3.05) is 16.4 Å². The lowest BCUT2D eigenvalue weighted by atomic mass is 10.2. The molecule has 30 heavy (non-hydrogen) atoms. The fraction of sp³-hybridized carbons (Fsp3) is 0.0455. The van der Waals surface area contributed by atoms with Crippen molar-refractivity contribution in [2.24, 2.45) is 0 Å². The lowest BCUT2D eigenvalue weighted by molar-refractivity contribution is -0.113. The Morgan fingerprint density at radius 2 is 1.53 bits per heavy atom. The van der Waals surface area contributed by atoms with Crippen LogP contribution in [0.1, 0.15) is 20.7 Å². The van der Waals surface area contributed by atoms with Crippen molar-refractivity contribution in [3.05, 3.63) is 88.9 Å². The maximum atomic E-state index is 12.2. The normalized spacial score (nSPS) is 10.3. The highest BCUT2D eigenvalue weighted by molar-refractivity contribution is 8.00. The van der Waals surface area contributed by atoms with Gasteiger partial charge >= 0.3 is 5.97 Å². The number of nitrogens with one attached hydrogen (secondary N) is 2. The molecule has 3 aromatic carbocycles. The number of carbonyl (C=O) groups excluding carboxylic acids is 2. The molecule has 0 unspecified atom stereocenters. The van der Waals surface area contributed by atoms with Crippen molar-refractivity contribution in [2.45, 2.75) is 4.90 Å². The largest absolute Gasteiger partial charge is 0.478 e. The van der Waals surface area contributed by atoms with Crippen LogP contribution in [0.25, 0.3) is 0 Å². The number of benzene rings is 3. The van der Waals surface area contributed by atoms with Gasteiger partial charge in [-0.05, 0) is 60.7 Å². The van der Waals surface area contributed by atoms with Crippen LogP contribution in [0.2, 0.25) is 5.02 Å². The summed E-state index contributed by atoms with van der Waals surface area (Å²) >= 11 is 7.23. The summed E-state index contributed by atoms with van der Waals surface area (Å²) in [6.45, 7) is 0. The molecule has 6 nitrogen and oxygen atoms in total. The van der Waals surface area contributed by atoms with Crippen molar-refractivity contribution in [3.8, 4) is 0 Å². The first-order valence-corrected chi connectivity index (χ1v) is 10.2. The minimum atomic E-state index is -1.05. The van der Waals surface area contributed by atoms with Crippen LogP contribution in [0, 0.1) is 0 Å². The molecule has 8 heteroatoms. The number of thioether (sulfide) groups is 1. The van der Waals surface area contributed by atoms with E-state index in [1.165, 1.54) is 23.9 Å². The SMILES string of the molecule is O=C(CSc1ccc(NC(=O)c2cccc(Cl)c2)cc1)Nc1cccc(C(=O)O)c1. The van der Waals surface area contributed by atoms with E-state index in [4.69, 9.17) is 16.7 Å². The molecule has 0 saturated heterocycles. The number of rotatable bonds is 7. The Morgan fingerprint density at radius 3 is 2.23 bits per heavy atom. The average molecular weight is 441 g/mol. The van der Waals surface area contributed by atoms with Gasteiger partial charge in [0.15, 0.2) is 0 Å². The zero-order valence-electron chi connectivity index (χ0n) is 15.6. The maximum absolute atomic E-state index is 12.2. The number of hydrogen-bond acceptors (Lipinski definition) is 4. The molecule has 152 valence electrons. The number of carboxylic acids is 1. The van der Waals surface area contributed by atoms with Crippen molar-refractivity contribution < 1.29 is 19.5 Å². The molecule has 0 aliphatic heterocycles. The zero-order valence-corrected chi connectivity index (χ0v) is 17.2. The predicted octanol–water partition coefficient (Wildman–Crippen LogP) is 5.02. The third-order valence-electron chi connectivity index (χ3n) is 3.96. The highest BCUT2D eigenvalue weighted by Crippen LogP contribution is 2.21. The Bertz CT molecular complexity index is 1090. The molecule has 3 rings (SSSR count). The second-order valence-electron chi connectivity index (χ2n) is 6.21. The second-order valence-corrected chi connectivity index (χ2v) is 7.70. The summed E-state index contributed by atoms with van der Waals surface area (Å²) < 4.78 is 0. The van der Waals surface area contributed by atoms with E-state index in [0.717, 1.165) is 4.90 Å². The summed E-state index contributed by atoms with van der Waals surface area (Å²) in [4.78, 5) is 36.2. The van der Waals surface area contributed by atoms with Gasteiger partial charge in [-0.2, -0.15) is 0 Å². The zero-order chi connectivity index (χ0) is 21.5. The molecular weight excluding hydrogens is 424 g/mol. The molecule has 0 aliphatic rings. The Balaban J connectivity index is 1.52. The fourth-order valence-corrected chi connectivity index (χ4v) is 3.43. The van der Waals surface area contributed by atoms with Gasteiger partial charge in [0.05, 0.1) is 11.3 Å². The first kappa shape index (κ1) is 21.4. The third-order valence-corrected chi connectivity index (χ3v) is 5.21. The lowest BCUT2D eigenvalue weighted by Gasteiger charge is -2.08. The van der Waals surface area contributed by atoms with Crippen molar-refractivity contribution in [3.63, 3.8) is 0 Å². The molecule has 3 N–H and O–H groups in total. The van der Waals surface area contributed by atoms with Gasteiger partial charge in [0.25, 0.3) is 5.91 Å². The third kappa shape index (κ3) is 6.10. The van der Waals surface area contributed by atoms with Gasteiger partial charge in [0.1, 0.15) is 0 Å². The molecule has 0 radical (unpaired) electrons. The quantitative estimate of drug-likeness (QED) is 0.448. The Kier molecular flexibility index (Phi) is 7.11. The highest BCUT2D eigenvalue weighted by atomic mass is 35.5. The summed E-state index contributed by atoms with van der Waals surface area (Å²) in [7, 11) is 0. The van der Waals surface area contributed by atoms with Crippen LogP contribution in [0.4, 0.5) is 11.4 Å². The Hall–Kier alpha value is -3.29. The van der Waals surface area contributed by atoms with Crippen LogP contribution in [0.15, 0.2) is 77.7 Å². The van der Waals surface area contributed by atoms with Gasteiger partial charge in [0, 0.05) is 26.9 Å². The molecule has 0 heterocycles. The maximum Gasteiger partial charge on any atom is 0.335 e. The van der Waals surface area contributed by atoms with Gasteiger partial charge in [-0.3, -0.25) is 9.59 Å². The number of anilines is 2. The van der Waals surface area contributed by atoms with E-state index < -0.39 is 5.97 Å². The monoisotopic (exact) mass is 440 g/mol. The molecule has 0 bridgehead atoms. The number of carbonyl (C=O) groups is 3. The number of amides is 2. The van der Waals surface area contributed by atoms with Crippen LogP contribution in [-0.4, -0.2) is 28.6 Å². The Morgan fingerprint density at radius 1 is 0.833 bits per heavy atom. The molecular formula is C22H17ClN2O4S.